The zero-order chi connectivity index (χ0) is 21.2. The van der Waals surface area contributed by atoms with Gasteiger partial charge in [0.15, 0.2) is 0 Å². The highest BCUT2D eigenvalue weighted by Crippen LogP contribution is 2.52. The fourth-order valence-electron chi connectivity index (χ4n) is 5.87. The van der Waals surface area contributed by atoms with Crippen LogP contribution in [0, 0.1) is 10.8 Å². The molecule has 0 aromatic heterocycles. The number of imide groups is 1. The van der Waals surface area contributed by atoms with E-state index in [2.05, 4.69) is 42.0 Å². The Kier molecular flexibility index (Phi) is 4.61. The quantitative estimate of drug-likeness (QED) is 0.698. The van der Waals surface area contributed by atoms with Crippen LogP contribution in [0.15, 0.2) is 28.7 Å². The first-order valence-electron chi connectivity index (χ1n) is 10.1. The van der Waals surface area contributed by atoms with Crippen LogP contribution in [0.4, 0.5) is 4.79 Å². The van der Waals surface area contributed by atoms with Gasteiger partial charge in [0.2, 0.25) is 5.91 Å². The summed E-state index contributed by atoms with van der Waals surface area (Å²) in [6.07, 6.45) is 3.05. The van der Waals surface area contributed by atoms with Crippen molar-refractivity contribution in [3.8, 4) is 0 Å². The lowest BCUT2D eigenvalue weighted by molar-refractivity contribution is -0.139. The Morgan fingerprint density at radius 1 is 1.17 bits per heavy atom. The van der Waals surface area contributed by atoms with Crippen LogP contribution in [-0.4, -0.2) is 46.8 Å². The molecular weight excluding hydrogens is 434 g/mol. The van der Waals surface area contributed by atoms with Gasteiger partial charge in [-0.15, -0.1) is 0 Å². The predicted octanol–water partition coefficient (Wildman–Crippen LogP) is 3.64. The molecule has 4 rings (SSSR count). The summed E-state index contributed by atoms with van der Waals surface area (Å²) in [5, 5.41) is 2.79. The van der Waals surface area contributed by atoms with Crippen LogP contribution in [0.5, 0.6) is 0 Å². The maximum Gasteiger partial charge on any atom is 0.325 e. The second-order valence-electron chi connectivity index (χ2n) is 10.2. The van der Waals surface area contributed by atoms with E-state index in [1.54, 1.807) is 13.0 Å². The van der Waals surface area contributed by atoms with Crippen molar-refractivity contribution in [1.82, 2.24) is 15.1 Å². The van der Waals surface area contributed by atoms with E-state index in [0.717, 1.165) is 28.6 Å². The number of amides is 4. The third-order valence-corrected chi connectivity index (χ3v) is 7.41. The molecule has 1 N–H and O–H groups in total. The third-order valence-electron chi connectivity index (χ3n) is 6.72. The van der Waals surface area contributed by atoms with Crippen LogP contribution in [0.3, 0.4) is 0 Å². The van der Waals surface area contributed by atoms with E-state index in [9.17, 15) is 14.4 Å². The minimum Gasteiger partial charge on any atom is -0.338 e. The maximum absolute atomic E-state index is 13.2. The first-order valence-corrected chi connectivity index (χ1v) is 10.9. The molecular formula is C22H28BrN3O3. The van der Waals surface area contributed by atoms with E-state index in [0.29, 0.717) is 12.1 Å². The highest BCUT2D eigenvalue weighted by molar-refractivity contribution is 9.10. The molecule has 2 heterocycles. The van der Waals surface area contributed by atoms with Gasteiger partial charge in [-0.3, -0.25) is 14.5 Å². The van der Waals surface area contributed by atoms with Crippen LogP contribution >= 0.6 is 15.9 Å². The molecule has 3 unspecified atom stereocenters. The lowest BCUT2D eigenvalue weighted by atomic mass is 9.65. The number of benzene rings is 1. The van der Waals surface area contributed by atoms with Gasteiger partial charge in [-0.2, -0.15) is 0 Å². The molecule has 4 amide bonds. The molecule has 6 nitrogen and oxygen atoms in total. The monoisotopic (exact) mass is 461 g/mol. The molecule has 2 saturated heterocycles. The number of urea groups is 1. The molecule has 1 saturated carbocycles. The lowest BCUT2D eigenvalue weighted by Gasteiger charge is -2.39. The highest BCUT2D eigenvalue weighted by atomic mass is 79.9. The van der Waals surface area contributed by atoms with E-state index in [1.807, 2.05) is 23.1 Å². The number of carbonyl (C=O) groups excluding carboxylic acids is 3. The number of likely N-dealkylation sites (tertiary alicyclic amines) is 1. The van der Waals surface area contributed by atoms with Gasteiger partial charge in [-0.1, -0.05) is 54.9 Å². The van der Waals surface area contributed by atoms with Crippen LogP contribution in [0.25, 0.3) is 0 Å². The second kappa shape index (κ2) is 6.56. The van der Waals surface area contributed by atoms with Gasteiger partial charge in [0, 0.05) is 22.6 Å². The van der Waals surface area contributed by atoms with Gasteiger partial charge in [0.1, 0.15) is 12.1 Å². The van der Waals surface area contributed by atoms with Crippen molar-refractivity contribution in [3.63, 3.8) is 0 Å². The minimum atomic E-state index is -1.19. The number of fused-ring (bicyclic) bond motifs is 2. The molecule has 1 aromatic rings. The van der Waals surface area contributed by atoms with Crippen LogP contribution in [-0.2, 0) is 15.1 Å². The summed E-state index contributed by atoms with van der Waals surface area (Å²) in [6, 6.07) is 6.99. The Balaban J connectivity index is 1.53. The summed E-state index contributed by atoms with van der Waals surface area (Å²) in [7, 11) is 0. The van der Waals surface area contributed by atoms with Crippen LogP contribution in [0.2, 0.25) is 0 Å². The average molecular weight is 462 g/mol. The molecule has 2 aliphatic heterocycles. The van der Waals surface area contributed by atoms with Gasteiger partial charge in [-0.25, -0.2) is 4.79 Å². The van der Waals surface area contributed by atoms with E-state index >= 15 is 0 Å². The summed E-state index contributed by atoms with van der Waals surface area (Å²) in [6.45, 7) is 8.93. The molecule has 2 bridgehead atoms. The lowest BCUT2D eigenvalue weighted by Crippen LogP contribution is -2.46. The third kappa shape index (κ3) is 3.37. The molecule has 29 heavy (non-hydrogen) atoms. The zero-order valence-electron chi connectivity index (χ0n) is 17.4. The Morgan fingerprint density at radius 2 is 1.86 bits per heavy atom. The van der Waals surface area contributed by atoms with Crippen molar-refractivity contribution < 1.29 is 14.4 Å². The summed E-state index contributed by atoms with van der Waals surface area (Å²) in [5.74, 6) is -0.534. The average Bonchev–Trinajstić information content (AvgIpc) is 2.99. The van der Waals surface area contributed by atoms with Crippen molar-refractivity contribution in [2.75, 3.05) is 13.1 Å². The highest BCUT2D eigenvalue weighted by Gasteiger charge is 2.53. The number of hydrogen-bond donors (Lipinski definition) is 1. The van der Waals surface area contributed by atoms with Crippen molar-refractivity contribution in [1.29, 1.82) is 0 Å². The Hall–Kier alpha value is -1.89. The molecule has 0 spiro atoms. The number of carbonyl (C=O) groups is 3. The van der Waals surface area contributed by atoms with E-state index in [4.69, 9.17) is 0 Å². The van der Waals surface area contributed by atoms with Crippen LogP contribution in [0.1, 0.15) is 52.5 Å². The van der Waals surface area contributed by atoms with Crippen molar-refractivity contribution in [2.45, 2.75) is 58.5 Å². The van der Waals surface area contributed by atoms with Gasteiger partial charge in [0.05, 0.1) is 0 Å². The molecule has 1 aromatic carbocycles. The standard InChI is InChI=1S/C22H28BrN3O3/c1-20(2)9-14-10-21(3,12-20)13-26(14)17(27)11-25-18(28)22(4,24-19(25)29)15-7-5-6-8-16(15)23/h5-8,14H,9-13H2,1-4H3,(H,24,29). The van der Waals surface area contributed by atoms with E-state index < -0.39 is 17.5 Å². The van der Waals surface area contributed by atoms with Gasteiger partial charge in [0.25, 0.3) is 5.91 Å². The SMILES string of the molecule is CC1(C)CC2CC(C)(CN2C(=O)CN2C(=O)NC(C)(c3ccccc3Br)C2=O)C1. The molecule has 1 aliphatic carbocycles. The number of hydrogen-bond acceptors (Lipinski definition) is 3. The molecule has 3 aliphatic rings. The number of nitrogens with one attached hydrogen (secondary N) is 1. The normalized spacial score (nSPS) is 33.2. The number of halogens is 1. The summed E-state index contributed by atoms with van der Waals surface area (Å²) in [4.78, 5) is 41.9. The van der Waals surface area contributed by atoms with E-state index in [1.165, 1.54) is 0 Å². The van der Waals surface area contributed by atoms with Gasteiger partial charge in [-0.05, 0) is 43.1 Å². The Bertz CT molecular complexity index is 901. The zero-order valence-corrected chi connectivity index (χ0v) is 19.0. The Labute approximate surface area is 180 Å². The molecule has 156 valence electrons. The minimum absolute atomic E-state index is 0.114. The predicted molar refractivity (Wildman–Crippen MR) is 113 cm³/mol. The molecule has 3 atom stereocenters. The smallest absolute Gasteiger partial charge is 0.325 e. The topological polar surface area (TPSA) is 69.7 Å². The number of rotatable bonds is 3. The van der Waals surface area contributed by atoms with Crippen molar-refractivity contribution in [3.05, 3.63) is 34.3 Å². The molecule has 7 heteroatoms. The number of nitrogens with zero attached hydrogens (tertiary/aromatic N) is 2. The molecule has 3 fully saturated rings. The fourth-order valence-corrected chi connectivity index (χ4v) is 6.55. The first-order chi connectivity index (χ1) is 13.4. The van der Waals surface area contributed by atoms with Crippen molar-refractivity contribution >= 4 is 33.8 Å². The maximum atomic E-state index is 13.2. The fraction of sp³-hybridized carbons (Fsp3) is 0.591. The second-order valence-corrected chi connectivity index (χ2v) is 11.0. The largest absolute Gasteiger partial charge is 0.338 e. The van der Waals surface area contributed by atoms with Crippen molar-refractivity contribution in [2.24, 2.45) is 10.8 Å². The van der Waals surface area contributed by atoms with Gasteiger partial charge < -0.3 is 10.2 Å². The summed E-state index contributed by atoms with van der Waals surface area (Å²) < 4.78 is 0.743. The van der Waals surface area contributed by atoms with E-state index in [-0.39, 0.29) is 29.3 Å². The molecule has 0 radical (unpaired) electrons. The summed E-state index contributed by atoms with van der Waals surface area (Å²) in [5.41, 5.74) is -0.194. The Morgan fingerprint density at radius 3 is 2.55 bits per heavy atom. The van der Waals surface area contributed by atoms with Crippen LogP contribution < -0.4 is 5.32 Å². The summed E-state index contributed by atoms with van der Waals surface area (Å²) >= 11 is 3.46. The van der Waals surface area contributed by atoms with Gasteiger partial charge >= 0.3 is 6.03 Å². The first kappa shape index (κ1) is 20.4.